The Kier molecular flexibility index (Phi) is 3.66. The minimum atomic E-state index is -3.76. The van der Waals surface area contributed by atoms with Gasteiger partial charge >= 0.3 is 5.97 Å². The highest BCUT2D eigenvalue weighted by molar-refractivity contribution is 7.92. The third-order valence-electron chi connectivity index (χ3n) is 3.84. The molecule has 0 aliphatic carbocycles. The van der Waals surface area contributed by atoms with E-state index in [1.165, 1.54) is 22.9 Å². The lowest BCUT2D eigenvalue weighted by Gasteiger charge is -2.23. The molecule has 22 heavy (non-hydrogen) atoms. The molecule has 1 aliphatic rings. The molecule has 0 spiro atoms. The van der Waals surface area contributed by atoms with Gasteiger partial charge in [0.05, 0.1) is 17.9 Å². The normalized spacial score (nSPS) is 18.5. The molecule has 0 radical (unpaired) electrons. The number of hydrogen-bond donors (Lipinski definition) is 1. The van der Waals surface area contributed by atoms with Crippen LogP contribution in [0.4, 0.5) is 5.69 Å². The van der Waals surface area contributed by atoms with Crippen LogP contribution in [-0.4, -0.2) is 26.0 Å². The molecule has 0 saturated heterocycles. The summed E-state index contributed by atoms with van der Waals surface area (Å²) < 4.78 is 31.7. The predicted octanol–water partition coefficient (Wildman–Crippen LogP) is 2.12. The molecule has 3 rings (SSSR count). The van der Waals surface area contributed by atoms with Crippen LogP contribution in [0.5, 0.6) is 0 Å². The molecule has 1 aromatic carbocycles. The summed E-state index contributed by atoms with van der Waals surface area (Å²) in [7, 11) is -3.76. The molecular weight excluding hydrogens is 306 g/mol. The smallest absolute Gasteiger partial charge is 0.306 e. The van der Waals surface area contributed by atoms with Crippen molar-refractivity contribution in [2.24, 2.45) is 5.92 Å². The lowest BCUT2D eigenvalue weighted by atomic mass is 9.97. The Labute approximate surface area is 128 Å². The molecule has 0 amide bonds. The molecule has 1 atom stereocenters. The van der Waals surface area contributed by atoms with Gasteiger partial charge in [-0.05, 0) is 30.5 Å². The van der Waals surface area contributed by atoms with E-state index in [9.17, 15) is 18.3 Å². The molecule has 6 nitrogen and oxygen atoms in total. The Morgan fingerprint density at radius 3 is 2.73 bits per heavy atom. The van der Waals surface area contributed by atoms with Crippen molar-refractivity contribution in [3.63, 3.8) is 0 Å². The summed E-state index contributed by atoms with van der Waals surface area (Å²) in [5.74, 6) is -1.50. The first-order valence-electron chi connectivity index (χ1n) is 6.86. The second-order valence-corrected chi connectivity index (χ2v) is 7.06. The highest BCUT2D eigenvalue weighted by Gasteiger charge is 2.32. The van der Waals surface area contributed by atoms with Crippen LogP contribution >= 0.6 is 0 Å². The number of carbonyl (C=O) groups is 1. The average Bonchev–Trinajstić information content (AvgIpc) is 2.95. The van der Waals surface area contributed by atoms with E-state index in [0.29, 0.717) is 12.1 Å². The van der Waals surface area contributed by atoms with Crippen LogP contribution in [0, 0.1) is 5.92 Å². The molecule has 0 saturated carbocycles. The fraction of sp³-hybridized carbons (Fsp3) is 0.267. The van der Waals surface area contributed by atoms with E-state index in [0.717, 1.165) is 5.56 Å². The third-order valence-corrected chi connectivity index (χ3v) is 5.63. The number of carboxylic acids is 1. The Hall–Kier alpha value is -2.28. The summed E-state index contributed by atoms with van der Waals surface area (Å²) in [4.78, 5) is 11.4. The summed E-state index contributed by atoms with van der Waals surface area (Å²) in [5.41, 5.74) is 1.26. The molecule has 1 aromatic heterocycles. The van der Waals surface area contributed by atoms with E-state index in [2.05, 4.69) is 0 Å². The number of sulfonamides is 1. The van der Waals surface area contributed by atoms with Crippen LogP contribution in [0.3, 0.4) is 0 Å². The van der Waals surface area contributed by atoms with E-state index in [1.807, 2.05) is 0 Å². The van der Waals surface area contributed by atoms with Crippen LogP contribution in [0.15, 0.2) is 52.2 Å². The van der Waals surface area contributed by atoms with Gasteiger partial charge in [-0.15, -0.1) is 0 Å². The number of para-hydroxylation sites is 1. The Bertz CT molecular complexity index is 782. The number of furan rings is 1. The van der Waals surface area contributed by atoms with E-state index >= 15 is 0 Å². The number of benzene rings is 1. The monoisotopic (exact) mass is 321 g/mol. The van der Waals surface area contributed by atoms with Crippen LogP contribution in [-0.2, 0) is 21.2 Å². The second-order valence-electron chi connectivity index (χ2n) is 5.19. The molecule has 116 valence electrons. The van der Waals surface area contributed by atoms with Gasteiger partial charge in [0.25, 0.3) is 10.0 Å². The van der Waals surface area contributed by atoms with Crippen LogP contribution in [0.25, 0.3) is 0 Å². The van der Waals surface area contributed by atoms with Gasteiger partial charge in [0, 0.05) is 6.54 Å². The predicted molar refractivity (Wildman–Crippen MR) is 79.1 cm³/mol. The first kappa shape index (κ1) is 14.6. The minimum Gasteiger partial charge on any atom is -0.481 e. The molecule has 2 aromatic rings. The number of fused-ring (bicyclic) bond motifs is 1. The lowest BCUT2D eigenvalue weighted by Crippen LogP contribution is -2.32. The number of carboxylic acid groups (broad SMARTS) is 1. The van der Waals surface area contributed by atoms with Crippen molar-refractivity contribution >= 4 is 21.7 Å². The maximum Gasteiger partial charge on any atom is 0.306 e. The van der Waals surface area contributed by atoms with Gasteiger partial charge in [0.1, 0.15) is 11.2 Å². The third kappa shape index (κ3) is 2.48. The molecule has 1 unspecified atom stereocenters. The Morgan fingerprint density at radius 1 is 1.27 bits per heavy atom. The lowest BCUT2D eigenvalue weighted by molar-refractivity contribution is -0.141. The molecule has 1 N–H and O–H groups in total. The Morgan fingerprint density at radius 2 is 2.05 bits per heavy atom. The molecular formula is C15H15NO5S. The molecule has 2 heterocycles. The van der Waals surface area contributed by atoms with Crippen molar-refractivity contribution in [2.45, 2.75) is 17.7 Å². The SMILES string of the molecule is O=C(O)C1CCN(S(=O)(=O)c2ccoc2)c2ccccc2C1. The van der Waals surface area contributed by atoms with Gasteiger partial charge in [0.2, 0.25) is 0 Å². The minimum absolute atomic E-state index is 0.0658. The number of anilines is 1. The van der Waals surface area contributed by atoms with Crippen molar-refractivity contribution < 1.29 is 22.7 Å². The van der Waals surface area contributed by atoms with Crippen molar-refractivity contribution in [3.8, 4) is 0 Å². The number of nitrogens with zero attached hydrogens (tertiary/aromatic N) is 1. The second kappa shape index (κ2) is 5.49. The largest absolute Gasteiger partial charge is 0.481 e. The van der Waals surface area contributed by atoms with Crippen molar-refractivity contribution in [3.05, 3.63) is 48.4 Å². The van der Waals surface area contributed by atoms with Crippen molar-refractivity contribution in [1.29, 1.82) is 0 Å². The molecule has 7 heteroatoms. The maximum atomic E-state index is 12.8. The zero-order valence-corrected chi connectivity index (χ0v) is 12.5. The molecule has 0 bridgehead atoms. The standard InChI is InChI=1S/C15H15NO5S/c17-15(18)12-5-7-16(14-4-2-1-3-11(14)9-12)22(19,20)13-6-8-21-10-13/h1-4,6,8,10,12H,5,7,9H2,(H,17,18). The van der Waals surface area contributed by atoms with Crippen LogP contribution in [0.2, 0.25) is 0 Å². The zero-order valence-electron chi connectivity index (χ0n) is 11.7. The fourth-order valence-corrected chi connectivity index (χ4v) is 4.12. The average molecular weight is 321 g/mol. The summed E-state index contributed by atoms with van der Waals surface area (Å²) in [6.45, 7) is 0.126. The summed E-state index contributed by atoms with van der Waals surface area (Å²) in [5, 5.41) is 9.28. The zero-order chi connectivity index (χ0) is 15.7. The summed E-state index contributed by atoms with van der Waals surface area (Å²) in [6.07, 6.45) is 3.07. The van der Waals surface area contributed by atoms with E-state index in [4.69, 9.17) is 4.42 Å². The topological polar surface area (TPSA) is 87.8 Å². The first-order valence-corrected chi connectivity index (χ1v) is 8.30. The summed E-state index contributed by atoms with van der Waals surface area (Å²) in [6, 6.07) is 8.40. The molecule has 0 fully saturated rings. The van der Waals surface area contributed by atoms with Gasteiger partial charge in [-0.25, -0.2) is 8.42 Å². The molecule has 1 aliphatic heterocycles. The van der Waals surface area contributed by atoms with E-state index < -0.39 is 21.9 Å². The van der Waals surface area contributed by atoms with Gasteiger partial charge in [0.15, 0.2) is 0 Å². The van der Waals surface area contributed by atoms with E-state index in [-0.39, 0.29) is 17.9 Å². The van der Waals surface area contributed by atoms with Crippen LogP contribution < -0.4 is 4.31 Å². The highest BCUT2D eigenvalue weighted by Crippen LogP contribution is 2.33. The van der Waals surface area contributed by atoms with E-state index in [1.54, 1.807) is 24.3 Å². The van der Waals surface area contributed by atoms with Gasteiger partial charge in [-0.3, -0.25) is 9.10 Å². The first-order chi connectivity index (χ1) is 10.5. The summed E-state index contributed by atoms with van der Waals surface area (Å²) >= 11 is 0. The van der Waals surface area contributed by atoms with Gasteiger partial charge in [-0.2, -0.15) is 0 Å². The van der Waals surface area contributed by atoms with Crippen LogP contribution in [0.1, 0.15) is 12.0 Å². The van der Waals surface area contributed by atoms with Gasteiger partial charge in [-0.1, -0.05) is 18.2 Å². The van der Waals surface area contributed by atoms with Crippen molar-refractivity contribution in [2.75, 3.05) is 10.8 Å². The van der Waals surface area contributed by atoms with Crippen molar-refractivity contribution in [1.82, 2.24) is 0 Å². The quantitative estimate of drug-likeness (QED) is 0.935. The fourth-order valence-electron chi connectivity index (χ4n) is 2.67. The highest BCUT2D eigenvalue weighted by atomic mass is 32.2. The van der Waals surface area contributed by atoms with Gasteiger partial charge < -0.3 is 9.52 Å². The number of hydrogen-bond acceptors (Lipinski definition) is 4. The number of rotatable bonds is 3. The number of aliphatic carboxylic acids is 1. The maximum absolute atomic E-state index is 12.8. The Balaban J connectivity index is 2.08.